The third kappa shape index (κ3) is 5.75. The number of ether oxygens (including phenoxy) is 2. The van der Waals surface area contributed by atoms with E-state index in [-0.39, 0.29) is 0 Å². The van der Waals surface area contributed by atoms with Gasteiger partial charge in [0.15, 0.2) is 0 Å². The van der Waals surface area contributed by atoms with Crippen LogP contribution < -0.4 is 4.74 Å². The van der Waals surface area contributed by atoms with Crippen molar-refractivity contribution in [3.63, 3.8) is 0 Å². The van der Waals surface area contributed by atoms with Gasteiger partial charge >= 0.3 is 0 Å². The van der Waals surface area contributed by atoms with Gasteiger partial charge in [0.05, 0.1) is 18.7 Å². The van der Waals surface area contributed by atoms with E-state index < -0.39 is 0 Å². The molecule has 33 heavy (non-hydrogen) atoms. The predicted molar refractivity (Wildman–Crippen MR) is 130 cm³/mol. The maximum Gasteiger partial charge on any atom is 0.124 e. The normalized spacial score (nSPS) is 17.0. The standard InChI is InChI=1S/C28H29N3O2/c1-3-9-27-25(7-1)15-23(17-30-27)14-24-18-31(12-13-32-20-24)19-26-8-2-4-10-28(26)33-21-22-6-5-11-29-16-22/h1-11,15-17,24H,12-14,18-21H2/t24-/m1/s1. The number of aromatic nitrogens is 2. The fourth-order valence-corrected chi connectivity index (χ4v) is 4.44. The van der Waals surface area contributed by atoms with E-state index in [4.69, 9.17) is 9.47 Å². The molecule has 1 fully saturated rings. The molecule has 168 valence electrons. The van der Waals surface area contributed by atoms with Crippen LogP contribution in [0.2, 0.25) is 0 Å². The Kier molecular flexibility index (Phi) is 6.90. The molecule has 1 aliphatic rings. The van der Waals surface area contributed by atoms with Crippen molar-refractivity contribution in [2.45, 2.75) is 19.6 Å². The van der Waals surface area contributed by atoms with Crippen LogP contribution in [0.5, 0.6) is 5.75 Å². The van der Waals surface area contributed by atoms with Crippen LogP contribution in [0.4, 0.5) is 0 Å². The number of hydrogen-bond acceptors (Lipinski definition) is 5. The largest absolute Gasteiger partial charge is 0.489 e. The first kappa shape index (κ1) is 21.6. The number of rotatable bonds is 7. The van der Waals surface area contributed by atoms with Crippen LogP contribution in [0.25, 0.3) is 10.9 Å². The average molecular weight is 440 g/mol. The van der Waals surface area contributed by atoms with Gasteiger partial charge in [-0.25, -0.2) is 0 Å². The summed E-state index contributed by atoms with van der Waals surface area (Å²) in [5, 5.41) is 1.20. The van der Waals surface area contributed by atoms with Crippen LogP contribution in [-0.4, -0.2) is 41.2 Å². The van der Waals surface area contributed by atoms with Gasteiger partial charge in [-0.2, -0.15) is 0 Å². The molecule has 2 aromatic carbocycles. The summed E-state index contributed by atoms with van der Waals surface area (Å²) in [6.45, 7) is 4.81. The monoisotopic (exact) mass is 439 g/mol. The summed E-state index contributed by atoms with van der Waals surface area (Å²) < 4.78 is 12.1. The first-order valence-electron chi connectivity index (χ1n) is 11.6. The van der Waals surface area contributed by atoms with Crippen molar-refractivity contribution in [2.24, 2.45) is 5.92 Å². The topological polar surface area (TPSA) is 47.5 Å². The van der Waals surface area contributed by atoms with E-state index >= 15 is 0 Å². The fourth-order valence-electron chi connectivity index (χ4n) is 4.44. The van der Waals surface area contributed by atoms with Gasteiger partial charge in [0.25, 0.3) is 0 Å². The lowest BCUT2D eigenvalue weighted by Crippen LogP contribution is -2.30. The Bertz CT molecular complexity index is 1180. The van der Waals surface area contributed by atoms with Gasteiger partial charge in [-0.1, -0.05) is 42.5 Å². The van der Waals surface area contributed by atoms with Gasteiger partial charge in [-0.05, 0) is 42.2 Å². The van der Waals surface area contributed by atoms with Gasteiger partial charge in [-0.3, -0.25) is 14.9 Å². The SMILES string of the molecule is c1cncc(COc2ccccc2CN2CCOC[C@H](Cc3cnc4ccccc4c3)C2)c1. The zero-order valence-corrected chi connectivity index (χ0v) is 18.8. The smallest absolute Gasteiger partial charge is 0.124 e. The maximum atomic E-state index is 6.15. The highest BCUT2D eigenvalue weighted by Gasteiger charge is 2.20. The zero-order valence-electron chi connectivity index (χ0n) is 18.8. The summed E-state index contributed by atoms with van der Waals surface area (Å²) in [7, 11) is 0. The lowest BCUT2D eigenvalue weighted by Gasteiger charge is -2.24. The Labute approximate surface area is 195 Å². The third-order valence-corrected chi connectivity index (χ3v) is 6.08. The highest BCUT2D eigenvalue weighted by molar-refractivity contribution is 5.78. The van der Waals surface area contributed by atoms with Gasteiger partial charge in [0.1, 0.15) is 12.4 Å². The summed E-state index contributed by atoms with van der Waals surface area (Å²) in [6.07, 6.45) is 6.61. The highest BCUT2D eigenvalue weighted by atomic mass is 16.5. The van der Waals surface area contributed by atoms with Crippen molar-refractivity contribution in [3.8, 4) is 5.75 Å². The van der Waals surface area contributed by atoms with Crippen molar-refractivity contribution >= 4 is 10.9 Å². The number of benzene rings is 2. The second-order valence-electron chi connectivity index (χ2n) is 8.67. The molecule has 4 aromatic rings. The second kappa shape index (κ2) is 10.6. The Hall–Kier alpha value is -3.28. The van der Waals surface area contributed by atoms with Crippen LogP contribution in [0.15, 0.2) is 85.3 Å². The minimum Gasteiger partial charge on any atom is -0.489 e. The van der Waals surface area contributed by atoms with E-state index in [9.17, 15) is 0 Å². The predicted octanol–water partition coefficient (Wildman–Crippen LogP) is 4.90. The Morgan fingerprint density at radius 2 is 1.88 bits per heavy atom. The molecule has 2 aromatic heterocycles. The van der Waals surface area contributed by atoms with Crippen molar-refractivity contribution < 1.29 is 9.47 Å². The summed E-state index contributed by atoms with van der Waals surface area (Å²) in [5.41, 5.74) is 4.58. The van der Waals surface area contributed by atoms with E-state index in [1.807, 2.05) is 36.7 Å². The van der Waals surface area contributed by atoms with Gasteiger partial charge in [-0.15, -0.1) is 0 Å². The summed E-state index contributed by atoms with van der Waals surface area (Å²) in [6, 6.07) is 22.9. The molecule has 0 N–H and O–H groups in total. The number of para-hydroxylation sites is 2. The van der Waals surface area contributed by atoms with E-state index in [0.717, 1.165) is 56.1 Å². The molecule has 0 spiro atoms. The van der Waals surface area contributed by atoms with Crippen LogP contribution in [0, 0.1) is 5.92 Å². The summed E-state index contributed by atoms with van der Waals surface area (Å²) in [5.74, 6) is 1.36. The molecule has 5 nitrogen and oxygen atoms in total. The van der Waals surface area contributed by atoms with Crippen LogP contribution in [0.1, 0.15) is 16.7 Å². The molecule has 3 heterocycles. The molecule has 1 saturated heterocycles. The molecule has 1 atom stereocenters. The van der Waals surface area contributed by atoms with E-state index in [1.54, 1.807) is 6.20 Å². The van der Waals surface area contributed by atoms with Crippen molar-refractivity contribution in [1.82, 2.24) is 14.9 Å². The van der Waals surface area contributed by atoms with Crippen molar-refractivity contribution in [2.75, 3.05) is 26.3 Å². The molecule has 0 amide bonds. The molecule has 0 bridgehead atoms. The van der Waals surface area contributed by atoms with Crippen molar-refractivity contribution in [3.05, 3.63) is 102 Å². The third-order valence-electron chi connectivity index (χ3n) is 6.08. The van der Waals surface area contributed by atoms with Gasteiger partial charge in [0, 0.05) is 54.7 Å². The lowest BCUT2D eigenvalue weighted by atomic mass is 9.99. The molecule has 0 unspecified atom stereocenters. The minimum absolute atomic E-state index is 0.430. The molecule has 0 aliphatic carbocycles. The first-order valence-corrected chi connectivity index (χ1v) is 11.6. The summed E-state index contributed by atoms with van der Waals surface area (Å²) in [4.78, 5) is 11.3. The second-order valence-corrected chi connectivity index (χ2v) is 8.67. The number of pyridine rings is 2. The van der Waals surface area contributed by atoms with Crippen LogP contribution in [0.3, 0.4) is 0 Å². The molecule has 1 aliphatic heterocycles. The molecule has 5 heteroatoms. The van der Waals surface area contributed by atoms with E-state index in [0.29, 0.717) is 12.5 Å². The number of nitrogens with zero attached hydrogens (tertiary/aromatic N) is 3. The highest BCUT2D eigenvalue weighted by Crippen LogP contribution is 2.23. The molecular weight excluding hydrogens is 410 g/mol. The molecular formula is C28H29N3O2. The van der Waals surface area contributed by atoms with Crippen LogP contribution >= 0.6 is 0 Å². The quantitative estimate of drug-likeness (QED) is 0.410. The molecule has 0 radical (unpaired) electrons. The Morgan fingerprint density at radius 3 is 2.82 bits per heavy atom. The first-order chi connectivity index (χ1) is 16.3. The van der Waals surface area contributed by atoms with Gasteiger partial charge < -0.3 is 9.47 Å². The summed E-state index contributed by atoms with van der Waals surface area (Å²) >= 11 is 0. The maximum absolute atomic E-state index is 6.15. The van der Waals surface area contributed by atoms with E-state index in [2.05, 4.69) is 57.3 Å². The number of fused-ring (bicyclic) bond motifs is 1. The van der Waals surface area contributed by atoms with Crippen LogP contribution in [-0.2, 0) is 24.3 Å². The van der Waals surface area contributed by atoms with Crippen molar-refractivity contribution in [1.29, 1.82) is 0 Å². The zero-order chi connectivity index (χ0) is 22.3. The molecule has 0 saturated carbocycles. The molecule has 5 rings (SSSR count). The number of hydrogen-bond donors (Lipinski definition) is 0. The Morgan fingerprint density at radius 1 is 0.970 bits per heavy atom. The van der Waals surface area contributed by atoms with Gasteiger partial charge in [0.2, 0.25) is 0 Å². The fraction of sp³-hybridized carbons (Fsp3) is 0.286. The van der Waals surface area contributed by atoms with E-state index in [1.165, 1.54) is 16.5 Å². The lowest BCUT2D eigenvalue weighted by molar-refractivity contribution is 0.121. The minimum atomic E-state index is 0.430. The average Bonchev–Trinajstić information content (AvgIpc) is 3.09. The Balaban J connectivity index is 1.25.